The van der Waals surface area contributed by atoms with Gasteiger partial charge in [-0.1, -0.05) is 18.2 Å². The van der Waals surface area contributed by atoms with Gasteiger partial charge < -0.3 is 15.5 Å². The van der Waals surface area contributed by atoms with E-state index in [2.05, 4.69) is 10.6 Å². The molecule has 5 nitrogen and oxygen atoms in total. The van der Waals surface area contributed by atoms with Crippen molar-refractivity contribution in [3.8, 4) is 0 Å². The standard InChI is InChI=1S/C22H29N3O2/c26-20(24-22-12-15-9-16(13-22)11-17(10-15)14-22)19-7-4-8-25(19)21(27)23-18-5-2-1-3-6-18/h1-3,5-6,15-17,19H,4,7-14H2,(H,23,27)(H,24,26)/t15?,16?,17?,19-,22?/m0/s1. The van der Waals surface area contributed by atoms with Crippen LogP contribution in [0.3, 0.4) is 0 Å². The van der Waals surface area contributed by atoms with Gasteiger partial charge in [0.15, 0.2) is 0 Å². The molecule has 1 aliphatic heterocycles. The summed E-state index contributed by atoms with van der Waals surface area (Å²) >= 11 is 0. The van der Waals surface area contributed by atoms with Crippen molar-refractivity contribution < 1.29 is 9.59 Å². The van der Waals surface area contributed by atoms with Crippen LogP contribution in [0.4, 0.5) is 10.5 Å². The van der Waals surface area contributed by atoms with Gasteiger partial charge in [-0.15, -0.1) is 0 Å². The maximum absolute atomic E-state index is 13.2. The van der Waals surface area contributed by atoms with Crippen molar-refractivity contribution in [2.75, 3.05) is 11.9 Å². The molecule has 4 aliphatic carbocycles. The topological polar surface area (TPSA) is 61.4 Å². The third-order valence-electron chi connectivity index (χ3n) is 7.27. The Balaban J connectivity index is 1.26. The second-order valence-electron chi connectivity index (χ2n) is 9.33. The highest BCUT2D eigenvalue weighted by atomic mass is 16.2. The van der Waals surface area contributed by atoms with Crippen LogP contribution in [0, 0.1) is 17.8 Å². The van der Waals surface area contributed by atoms with Crippen LogP contribution in [0.15, 0.2) is 30.3 Å². The number of urea groups is 1. The number of likely N-dealkylation sites (tertiary alicyclic amines) is 1. The molecule has 1 aromatic rings. The lowest BCUT2D eigenvalue weighted by atomic mass is 9.53. The molecule has 4 saturated carbocycles. The molecule has 144 valence electrons. The van der Waals surface area contributed by atoms with E-state index in [-0.39, 0.29) is 23.5 Å². The second kappa shape index (κ2) is 6.54. The zero-order valence-electron chi connectivity index (χ0n) is 15.8. The molecule has 6 rings (SSSR count). The third-order valence-corrected chi connectivity index (χ3v) is 7.27. The first-order valence-electron chi connectivity index (χ1n) is 10.5. The number of nitrogens with one attached hydrogen (secondary N) is 2. The van der Waals surface area contributed by atoms with Crippen molar-refractivity contribution >= 4 is 17.6 Å². The molecule has 1 heterocycles. The van der Waals surface area contributed by atoms with Crippen LogP contribution in [0.2, 0.25) is 0 Å². The second-order valence-corrected chi connectivity index (χ2v) is 9.33. The van der Waals surface area contributed by atoms with Crippen molar-refractivity contribution in [1.82, 2.24) is 10.2 Å². The van der Waals surface area contributed by atoms with E-state index in [4.69, 9.17) is 0 Å². The number of hydrogen-bond acceptors (Lipinski definition) is 2. The lowest BCUT2D eigenvalue weighted by Gasteiger charge is -2.57. The molecular formula is C22H29N3O2. The number of anilines is 1. The molecule has 5 aliphatic rings. The smallest absolute Gasteiger partial charge is 0.322 e. The molecule has 1 atom stereocenters. The monoisotopic (exact) mass is 367 g/mol. The van der Waals surface area contributed by atoms with Crippen LogP contribution in [-0.4, -0.2) is 35.0 Å². The number of amides is 3. The number of benzene rings is 1. The van der Waals surface area contributed by atoms with Crippen LogP contribution < -0.4 is 10.6 Å². The maximum atomic E-state index is 13.2. The van der Waals surface area contributed by atoms with E-state index < -0.39 is 0 Å². The van der Waals surface area contributed by atoms with E-state index in [9.17, 15) is 9.59 Å². The first-order chi connectivity index (χ1) is 13.1. The van der Waals surface area contributed by atoms with Gasteiger partial charge in [0.1, 0.15) is 6.04 Å². The maximum Gasteiger partial charge on any atom is 0.322 e. The number of para-hydroxylation sites is 1. The zero-order valence-corrected chi connectivity index (χ0v) is 15.8. The number of carbonyl (C=O) groups excluding carboxylic acids is 2. The average molecular weight is 367 g/mol. The summed E-state index contributed by atoms with van der Waals surface area (Å²) in [6, 6.07) is 8.98. The minimum atomic E-state index is -0.332. The van der Waals surface area contributed by atoms with Gasteiger partial charge in [0.05, 0.1) is 0 Å². The molecule has 3 amide bonds. The molecule has 1 saturated heterocycles. The molecule has 0 aromatic heterocycles. The number of nitrogens with zero attached hydrogens (tertiary/aromatic N) is 1. The largest absolute Gasteiger partial charge is 0.349 e. The fraction of sp³-hybridized carbons (Fsp3) is 0.636. The van der Waals surface area contributed by atoms with Crippen molar-refractivity contribution in [3.63, 3.8) is 0 Å². The van der Waals surface area contributed by atoms with E-state index in [0.717, 1.165) is 55.5 Å². The van der Waals surface area contributed by atoms with Gasteiger partial charge in [-0.2, -0.15) is 0 Å². The van der Waals surface area contributed by atoms with Gasteiger partial charge in [0, 0.05) is 17.8 Å². The molecule has 0 unspecified atom stereocenters. The lowest BCUT2D eigenvalue weighted by molar-refractivity contribution is -0.130. The predicted molar refractivity (Wildman–Crippen MR) is 104 cm³/mol. The Bertz CT molecular complexity index is 697. The summed E-state index contributed by atoms with van der Waals surface area (Å²) < 4.78 is 0. The Hall–Kier alpha value is -2.04. The molecular weight excluding hydrogens is 338 g/mol. The van der Waals surface area contributed by atoms with Crippen LogP contribution >= 0.6 is 0 Å². The quantitative estimate of drug-likeness (QED) is 0.854. The van der Waals surface area contributed by atoms with E-state index in [1.54, 1.807) is 4.90 Å². The van der Waals surface area contributed by atoms with Crippen molar-refractivity contribution in [2.24, 2.45) is 17.8 Å². The van der Waals surface area contributed by atoms with Gasteiger partial charge in [0.2, 0.25) is 5.91 Å². The predicted octanol–water partition coefficient (Wildman–Crippen LogP) is 3.77. The molecule has 0 radical (unpaired) electrons. The first-order valence-corrected chi connectivity index (χ1v) is 10.5. The Morgan fingerprint density at radius 2 is 1.59 bits per heavy atom. The van der Waals surface area contributed by atoms with Crippen LogP contribution in [0.25, 0.3) is 0 Å². The number of carbonyl (C=O) groups is 2. The molecule has 5 fully saturated rings. The number of rotatable bonds is 3. The summed E-state index contributed by atoms with van der Waals surface area (Å²) in [4.78, 5) is 27.6. The first kappa shape index (κ1) is 17.1. The van der Waals surface area contributed by atoms with E-state index >= 15 is 0 Å². The lowest BCUT2D eigenvalue weighted by Crippen LogP contribution is -2.62. The van der Waals surface area contributed by atoms with E-state index in [0.29, 0.717) is 6.54 Å². The zero-order chi connectivity index (χ0) is 18.4. The van der Waals surface area contributed by atoms with Crippen LogP contribution in [0.1, 0.15) is 51.4 Å². The van der Waals surface area contributed by atoms with Crippen molar-refractivity contribution in [1.29, 1.82) is 0 Å². The van der Waals surface area contributed by atoms with Crippen molar-refractivity contribution in [3.05, 3.63) is 30.3 Å². The Morgan fingerprint density at radius 1 is 0.963 bits per heavy atom. The Morgan fingerprint density at radius 3 is 2.22 bits per heavy atom. The van der Waals surface area contributed by atoms with Crippen molar-refractivity contribution in [2.45, 2.75) is 62.9 Å². The normalized spacial score (nSPS) is 36.7. The van der Waals surface area contributed by atoms with E-state index in [1.165, 1.54) is 19.3 Å². The van der Waals surface area contributed by atoms with Gasteiger partial charge in [-0.25, -0.2) is 4.79 Å². The summed E-state index contributed by atoms with van der Waals surface area (Å²) in [6.07, 6.45) is 9.19. The fourth-order valence-corrected chi connectivity index (χ4v) is 6.61. The van der Waals surface area contributed by atoms with Gasteiger partial charge in [-0.3, -0.25) is 4.79 Å². The van der Waals surface area contributed by atoms with Crippen LogP contribution in [0.5, 0.6) is 0 Å². The Kier molecular flexibility index (Phi) is 4.14. The Labute approximate surface area is 160 Å². The van der Waals surface area contributed by atoms with Gasteiger partial charge in [-0.05, 0) is 81.3 Å². The third kappa shape index (κ3) is 3.21. The van der Waals surface area contributed by atoms with Gasteiger partial charge in [0.25, 0.3) is 0 Å². The summed E-state index contributed by atoms with van der Waals surface area (Å²) in [5, 5.41) is 6.39. The molecule has 27 heavy (non-hydrogen) atoms. The molecule has 2 N–H and O–H groups in total. The number of hydrogen-bond donors (Lipinski definition) is 2. The highest BCUT2D eigenvalue weighted by molar-refractivity contribution is 5.94. The summed E-state index contributed by atoms with van der Waals surface area (Å²) in [5.41, 5.74) is 0.783. The minimum absolute atomic E-state index is 0.00992. The summed E-state index contributed by atoms with van der Waals surface area (Å²) in [7, 11) is 0. The molecule has 5 heteroatoms. The SMILES string of the molecule is O=C(NC12CC3CC(CC(C3)C1)C2)[C@@H]1CCCN1C(=O)Nc1ccccc1. The molecule has 4 bridgehead atoms. The van der Waals surface area contributed by atoms with Gasteiger partial charge >= 0.3 is 6.03 Å². The summed E-state index contributed by atoms with van der Waals surface area (Å²) in [5.74, 6) is 2.48. The van der Waals surface area contributed by atoms with E-state index in [1.807, 2.05) is 30.3 Å². The molecule has 0 spiro atoms. The average Bonchev–Trinajstić information content (AvgIpc) is 3.11. The highest BCUT2D eigenvalue weighted by Gasteiger charge is 2.52. The highest BCUT2D eigenvalue weighted by Crippen LogP contribution is 2.55. The molecule has 1 aromatic carbocycles. The fourth-order valence-electron chi connectivity index (χ4n) is 6.61. The van der Waals surface area contributed by atoms with Crippen LogP contribution in [-0.2, 0) is 4.79 Å². The summed E-state index contributed by atoms with van der Waals surface area (Å²) in [6.45, 7) is 0.650. The minimum Gasteiger partial charge on any atom is -0.349 e.